The summed E-state index contributed by atoms with van der Waals surface area (Å²) in [6.07, 6.45) is 18.8. The van der Waals surface area contributed by atoms with E-state index in [1.807, 2.05) is 84.9 Å². The van der Waals surface area contributed by atoms with Gasteiger partial charge in [-0.1, -0.05) is 123 Å². The second-order valence-electron chi connectivity index (χ2n) is 12.9. The van der Waals surface area contributed by atoms with Crippen molar-refractivity contribution in [1.82, 2.24) is 0 Å². The fourth-order valence-electron chi connectivity index (χ4n) is 7.06. The molecule has 5 heteroatoms. The van der Waals surface area contributed by atoms with Crippen molar-refractivity contribution in [3.63, 3.8) is 0 Å². The third-order valence-electron chi connectivity index (χ3n) is 9.77. The number of rotatable bonds is 6. The molecule has 2 atom stereocenters. The van der Waals surface area contributed by atoms with E-state index in [1.165, 1.54) is 33.4 Å². The maximum atomic E-state index is 14.8. The van der Waals surface area contributed by atoms with Crippen LogP contribution in [0.4, 0.5) is 8.78 Å². The van der Waals surface area contributed by atoms with Gasteiger partial charge in [-0.05, 0) is 59.1 Å². The minimum Gasteiger partial charge on any atom is -1.00 e. The van der Waals surface area contributed by atoms with Gasteiger partial charge in [0.05, 0.1) is 0 Å². The van der Waals surface area contributed by atoms with Crippen LogP contribution in [0.25, 0.3) is 34.4 Å². The predicted octanol–water partition coefficient (Wildman–Crippen LogP) is 6.95. The van der Waals surface area contributed by atoms with Crippen molar-refractivity contribution < 1.29 is 57.5 Å². The Bertz CT molecular complexity index is 2080. The van der Waals surface area contributed by atoms with Gasteiger partial charge in [0.15, 0.2) is 0 Å². The molecule has 0 fully saturated rings. The van der Waals surface area contributed by atoms with Crippen molar-refractivity contribution >= 4 is 16.4 Å². The number of hydrogen-bond donors (Lipinski definition) is 0. The van der Waals surface area contributed by atoms with Crippen LogP contribution in [-0.4, -0.2) is 4.26 Å². The molecule has 0 radical (unpaired) electrons. The third kappa shape index (κ3) is 9.68. The zero-order chi connectivity index (χ0) is 36.5. The summed E-state index contributed by atoms with van der Waals surface area (Å²) in [6.45, 7) is 4.33. The monoisotopic (exact) mass is 918 g/mol. The van der Waals surface area contributed by atoms with E-state index in [9.17, 15) is 8.78 Å². The van der Waals surface area contributed by atoms with Crippen molar-refractivity contribution in [1.29, 1.82) is 0 Å². The summed E-state index contributed by atoms with van der Waals surface area (Å²) in [7, 11) is 0. The predicted molar refractivity (Wildman–Crippen MR) is 214 cm³/mol. The molecular weight excluding hydrogens is 876 g/mol. The van der Waals surface area contributed by atoms with Gasteiger partial charge >= 0.3 is 28.2 Å². The van der Waals surface area contributed by atoms with Crippen molar-refractivity contribution in [2.75, 3.05) is 0 Å². The van der Waals surface area contributed by atoms with Gasteiger partial charge in [0.2, 0.25) is 0 Å². The van der Waals surface area contributed by atoms with Crippen LogP contribution in [0.3, 0.4) is 0 Å². The molecule has 0 amide bonds. The van der Waals surface area contributed by atoms with Crippen LogP contribution >= 0.6 is 0 Å². The number of hydrogen-bond acceptors (Lipinski definition) is 0. The van der Waals surface area contributed by atoms with Gasteiger partial charge in [-0.3, -0.25) is 0 Å². The summed E-state index contributed by atoms with van der Waals surface area (Å²) in [5, 5.41) is 0. The Kier molecular flexibility index (Phi) is 16.1. The fraction of sp³-hybridized carbons (Fsp3) is 0.122. The zero-order valence-electron chi connectivity index (χ0n) is 30.5. The van der Waals surface area contributed by atoms with E-state index in [4.69, 9.17) is 0 Å². The molecule has 0 aromatic heterocycles. The van der Waals surface area contributed by atoms with Crippen molar-refractivity contribution in [2.24, 2.45) is 0 Å². The first-order chi connectivity index (χ1) is 25.5. The molecular formula is C49H42Cl2F2Hf-2. The molecule has 0 nitrogen and oxygen atoms in total. The van der Waals surface area contributed by atoms with E-state index < -0.39 is 0 Å². The Morgan fingerprint density at radius 2 is 0.926 bits per heavy atom. The normalized spacial score (nSPS) is 14.8. The zero-order valence-corrected chi connectivity index (χ0v) is 35.6. The standard InChI is InChI=1S/2C24H20F.CH2.2ClH.Hf/c2*1-2-17-14-19-10-6-7-11-21(23(19)15-17)20-12-13-22(24(25)16-20)18-8-4-3-5-9-18;;;;/h2*3-16,21H,2H2,1H3;1H2;2*1H;/q2*-1;;;;+2/p-2. The Hall–Kier alpha value is -4.28. The molecule has 8 rings (SSSR count). The summed E-state index contributed by atoms with van der Waals surface area (Å²) in [4.78, 5) is 0. The van der Waals surface area contributed by atoms with Gasteiger partial charge in [-0.2, -0.15) is 34.4 Å². The summed E-state index contributed by atoms with van der Waals surface area (Å²) in [5.41, 5.74) is 12.8. The molecule has 272 valence electrons. The minimum atomic E-state index is -0.168. The Labute approximate surface area is 346 Å². The van der Waals surface area contributed by atoms with E-state index in [0.717, 1.165) is 59.0 Å². The fourth-order valence-corrected chi connectivity index (χ4v) is 7.06. The van der Waals surface area contributed by atoms with Gasteiger partial charge in [0.25, 0.3) is 0 Å². The quantitative estimate of drug-likeness (QED) is 0.126. The summed E-state index contributed by atoms with van der Waals surface area (Å²) < 4.78 is 33.0. The molecule has 0 saturated heterocycles. The minimum absolute atomic E-state index is 0. The molecule has 2 unspecified atom stereocenters. The SMILES string of the molecule is CCc1cc2c([cH-]1)C=CC=CC2c1ccc(-c2ccccc2)c(F)c1.CCc1cc2c([cH-]1)C=CC=CC2c1ccc(-c2ccccc2)c(F)c1.[CH2]=[Hf+2].[Cl-].[Cl-]. The van der Waals surface area contributed by atoms with Gasteiger partial charge in [0.1, 0.15) is 11.6 Å². The summed E-state index contributed by atoms with van der Waals surface area (Å²) in [6, 6.07) is 39.6. The first-order valence-corrected chi connectivity index (χ1v) is 20.4. The molecule has 54 heavy (non-hydrogen) atoms. The van der Waals surface area contributed by atoms with Crippen LogP contribution in [0.2, 0.25) is 0 Å². The smallest absolute Gasteiger partial charge is 1.00 e. The first-order valence-electron chi connectivity index (χ1n) is 17.9. The second-order valence-corrected chi connectivity index (χ2v) is 12.9. The Balaban J connectivity index is 0.000000222. The van der Waals surface area contributed by atoms with Crippen molar-refractivity contribution in [3.8, 4) is 22.3 Å². The first kappa shape index (κ1) is 42.5. The van der Waals surface area contributed by atoms with Crippen LogP contribution < -0.4 is 24.8 Å². The summed E-state index contributed by atoms with van der Waals surface area (Å²) in [5.74, 6) is -0.162. The molecule has 2 aliphatic rings. The van der Waals surface area contributed by atoms with Crippen LogP contribution in [0.1, 0.15) is 70.2 Å². The topological polar surface area (TPSA) is 0 Å². The van der Waals surface area contributed by atoms with Gasteiger partial charge < -0.3 is 24.8 Å². The van der Waals surface area contributed by atoms with Gasteiger partial charge in [-0.15, -0.1) is 47.6 Å². The molecule has 0 saturated carbocycles. The van der Waals surface area contributed by atoms with E-state index >= 15 is 0 Å². The summed E-state index contributed by atoms with van der Waals surface area (Å²) >= 11 is 1.06. The molecule has 0 heterocycles. The Morgan fingerprint density at radius 3 is 1.28 bits per heavy atom. The van der Waals surface area contributed by atoms with Crippen LogP contribution in [0.5, 0.6) is 0 Å². The van der Waals surface area contributed by atoms with E-state index in [-0.39, 0.29) is 48.3 Å². The average Bonchev–Trinajstić information content (AvgIpc) is 3.67. The number of halogens is 4. The van der Waals surface area contributed by atoms with Crippen LogP contribution in [0.15, 0.2) is 158 Å². The molecule has 0 aliphatic heterocycles. The molecule has 0 N–H and O–H groups in total. The largest absolute Gasteiger partial charge is 1.00 e. The molecule has 0 spiro atoms. The van der Waals surface area contributed by atoms with Crippen molar-refractivity contribution in [2.45, 2.75) is 38.5 Å². The maximum Gasteiger partial charge on any atom is -1.00 e. The van der Waals surface area contributed by atoms with E-state index in [0.29, 0.717) is 11.1 Å². The molecule has 6 aromatic carbocycles. The number of fused-ring (bicyclic) bond motifs is 2. The van der Waals surface area contributed by atoms with Crippen LogP contribution in [0, 0.1) is 11.6 Å². The third-order valence-corrected chi connectivity index (χ3v) is 9.77. The second kappa shape index (κ2) is 20.4. The average molecular weight is 918 g/mol. The van der Waals surface area contributed by atoms with Crippen molar-refractivity contribution in [3.05, 3.63) is 214 Å². The number of benzene rings is 4. The molecule has 6 aromatic rings. The molecule has 2 aliphatic carbocycles. The van der Waals surface area contributed by atoms with E-state index in [1.54, 1.807) is 12.1 Å². The number of aryl methyl sites for hydroxylation is 2. The maximum absolute atomic E-state index is 14.8. The molecule has 0 bridgehead atoms. The van der Waals surface area contributed by atoms with Crippen LogP contribution in [-0.2, 0) is 36.7 Å². The number of allylic oxidation sites excluding steroid dienone is 6. The van der Waals surface area contributed by atoms with Gasteiger partial charge in [-0.25, -0.2) is 8.78 Å². The Morgan fingerprint density at radius 1 is 0.537 bits per heavy atom. The van der Waals surface area contributed by atoms with Gasteiger partial charge in [0, 0.05) is 11.1 Å². The van der Waals surface area contributed by atoms with E-state index in [2.05, 4.69) is 91.0 Å².